The lowest BCUT2D eigenvalue weighted by Gasteiger charge is -2.23. The SMILES string of the molecule is CCN1CCCC1CNC(N)=NCC1CCN(c2ccccc2)C1. The van der Waals surface area contributed by atoms with Crippen molar-refractivity contribution in [2.45, 2.75) is 32.2 Å². The van der Waals surface area contributed by atoms with Gasteiger partial charge in [0.2, 0.25) is 0 Å². The first-order valence-corrected chi connectivity index (χ1v) is 9.34. The first kappa shape index (κ1) is 17.1. The molecule has 0 bridgehead atoms. The summed E-state index contributed by atoms with van der Waals surface area (Å²) in [6, 6.07) is 11.3. The summed E-state index contributed by atoms with van der Waals surface area (Å²) in [5, 5.41) is 3.33. The average molecular weight is 329 g/mol. The molecule has 2 aliphatic rings. The lowest BCUT2D eigenvalue weighted by molar-refractivity contribution is 0.267. The van der Waals surface area contributed by atoms with Gasteiger partial charge in [-0.3, -0.25) is 9.89 Å². The number of para-hydroxylation sites is 1. The number of benzene rings is 1. The molecule has 2 aliphatic heterocycles. The second-order valence-electron chi connectivity index (χ2n) is 6.97. The maximum Gasteiger partial charge on any atom is 0.188 e. The highest BCUT2D eigenvalue weighted by Crippen LogP contribution is 2.23. The maximum atomic E-state index is 6.07. The first-order valence-electron chi connectivity index (χ1n) is 9.34. The monoisotopic (exact) mass is 329 g/mol. The summed E-state index contributed by atoms with van der Waals surface area (Å²) >= 11 is 0. The van der Waals surface area contributed by atoms with Crippen molar-refractivity contribution >= 4 is 11.6 Å². The highest BCUT2D eigenvalue weighted by atomic mass is 15.2. The van der Waals surface area contributed by atoms with Crippen LogP contribution in [0.25, 0.3) is 0 Å². The number of likely N-dealkylation sites (tertiary alicyclic amines) is 1. The second kappa shape index (κ2) is 8.38. The molecule has 0 aliphatic carbocycles. The fraction of sp³-hybridized carbons (Fsp3) is 0.632. The molecule has 1 aromatic carbocycles. The van der Waals surface area contributed by atoms with Gasteiger partial charge in [-0.15, -0.1) is 0 Å². The summed E-state index contributed by atoms with van der Waals surface area (Å²) in [6.07, 6.45) is 3.76. The molecule has 3 N–H and O–H groups in total. The van der Waals surface area contributed by atoms with Gasteiger partial charge in [0.25, 0.3) is 0 Å². The van der Waals surface area contributed by atoms with E-state index in [2.05, 4.69) is 57.4 Å². The van der Waals surface area contributed by atoms with Crippen molar-refractivity contribution in [3.8, 4) is 0 Å². The van der Waals surface area contributed by atoms with Crippen LogP contribution in [0.2, 0.25) is 0 Å². The Bertz CT molecular complexity index is 530. The van der Waals surface area contributed by atoms with Crippen LogP contribution in [0.5, 0.6) is 0 Å². The molecule has 0 spiro atoms. The van der Waals surface area contributed by atoms with Gasteiger partial charge >= 0.3 is 0 Å². The quantitative estimate of drug-likeness (QED) is 0.618. The van der Waals surface area contributed by atoms with Gasteiger partial charge in [-0.1, -0.05) is 25.1 Å². The highest BCUT2D eigenvalue weighted by molar-refractivity contribution is 5.77. The molecule has 5 heteroatoms. The Morgan fingerprint density at radius 1 is 1.25 bits per heavy atom. The molecule has 132 valence electrons. The van der Waals surface area contributed by atoms with Gasteiger partial charge in [-0.25, -0.2) is 0 Å². The average Bonchev–Trinajstić information content (AvgIpc) is 3.28. The lowest BCUT2D eigenvalue weighted by atomic mass is 10.1. The summed E-state index contributed by atoms with van der Waals surface area (Å²) in [5.41, 5.74) is 7.39. The Morgan fingerprint density at radius 3 is 2.88 bits per heavy atom. The zero-order valence-electron chi connectivity index (χ0n) is 14.8. The zero-order valence-corrected chi connectivity index (χ0v) is 14.8. The molecule has 5 nitrogen and oxygen atoms in total. The predicted molar refractivity (Wildman–Crippen MR) is 102 cm³/mol. The topological polar surface area (TPSA) is 56.9 Å². The van der Waals surface area contributed by atoms with Crippen molar-refractivity contribution in [1.29, 1.82) is 0 Å². The van der Waals surface area contributed by atoms with Crippen LogP contribution in [0, 0.1) is 5.92 Å². The molecule has 0 radical (unpaired) electrons. The van der Waals surface area contributed by atoms with Crippen molar-refractivity contribution in [2.24, 2.45) is 16.6 Å². The van der Waals surface area contributed by atoms with Gasteiger partial charge in [0.05, 0.1) is 0 Å². The van der Waals surface area contributed by atoms with Gasteiger partial charge in [0.1, 0.15) is 0 Å². The minimum atomic E-state index is 0.601. The van der Waals surface area contributed by atoms with Crippen LogP contribution in [0.1, 0.15) is 26.2 Å². The number of nitrogens with one attached hydrogen (secondary N) is 1. The molecule has 2 fully saturated rings. The van der Waals surface area contributed by atoms with E-state index < -0.39 is 0 Å². The first-order chi connectivity index (χ1) is 11.8. The molecule has 0 aromatic heterocycles. The maximum absolute atomic E-state index is 6.07. The Balaban J connectivity index is 1.41. The summed E-state index contributed by atoms with van der Waals surface area (Å²) in [4.78, 5) is 9.55. The van der Waals surface area contributed by atoms with Crippen LogP contribution >= 0.6 is 0 Å². The third-order valence-corrected chi connectivity index (χ3v) is 5.35. The third-order valence-electron chi connectivity index (χ3n) is 5.35. The number of nitrogens with two attached hydrogens (primary N) is 1. The molecule has 0 saturated carbocycles. The molecule has 2 heterocycles. The van der Waals surface area contributed by atoms with Crippen LogP contribution in [-0.2, 0) is 0 Å². The number of hydrogen-bond acceptors (Lipinski definition) is 3. The van der Waals surface area contributed by atoms with Gasteiger partial charge in [-0.05, 0) is 50.4 Å². The summed E-state index contributed by atoms with van der Waals surface area (Å²) in [6.45, 7) is 8.51. The summed E-state index contributed by atoms with van der Waals surface area (Å²) in [7, 11) is 0. The minimum absolute atomic E-state index is 0.601. The standard InChI is InChI=1S/C19H31N5/c1-2-23-11-6-9-18(23)14-22-19(20)21-13-16-10-12-24(15-16)17-7-4-3-5-8-17/h3-5,7-8,16,18H,2,6,9-15H2,1H3,(H3,20,21,22). The van der Waals surface area contributed by atoms with Crippen LogP contribution in [0.4, 0.5) is 5.69 Å². The number of hydrogen-bond donors (Lipinski definition) is 2. The van der Waals surface area contributed by atoms with Crippen molar-refractivity contribution in [3.05, 3.63) is 30.3 Å². The number of nitrogens with zero attached hydrogens (tertiary/aromatic N) is 3. The van der Waals surface area contributed by atoms with E-state index in [0.717, 1.165) is 32.7 Å². The van der Waals surface area contributed by atoms with E-state index in [0.29, 0.717) is 17.9 Å². The van der Waals surface area contributed by atoms with Crippen LogP contribution in [0.15, 0.2) is 35.3 Å². The fourth-order valence-electron chi connectivity index (χ4n) is 3.90. The number of likely N-dealkylation sites (N-methyl/N-ethyl adjacent to an activating group) is 1. The van der Waals surface area contributed by atoms with E-state index in [9.17, 15) is 0 Å². The second-order valence-corrected chi connectivity index (χ2v) is 6.97. The van der Waals surface area contributed by atoms with Gasteiger partial charge < -0.3 is 16.0 Å². The van der Waals surface area contributed by atoms with E-state index in [1.807, 2.05) is 0 Å². The molecule has 1 aromatic rings. The van der Waals surface area contributed by atoms with Crippen LogP contribution in [-0.4, -0.2) is 56.2 Å². The van der Waals surface area contributed by atoms with E-state index in [1.165, 1.54) is 31.5 Å². The van der Waals surface area contributed by atoms with Gasteiger partial charge in [-0.2, -0.15) is 0 Å². The van der Waals surface area contributed by atoms with Crippen molar-refractivity contribution in [3.63, 3.8) is 0 Å². The predicted octanol–water partition coefficient (Wildman–Crippen LogP) is 1.90. The van der Waals surface area contributed by atoms with E-state index in [1.54, 1.807) is 0 Å². The minimum Gasteiger partial charge on any atom is -0.371 e. The lowest BCUT2D eigenvalue weighted by Crippen LogP contribution is -2.42. The molecule has 2 unspecified atom stereocenters. The van der Waals surface area contributed by atoms with E-state index in [-0.39, 0.29) is 0 Å². The Hall–Kier alpha value is -1.75. The van der Waals surface area contributed by atoms with Crippen molar-refractivity contribution < 1.29 is 0 Å². The molecule has 0 amide bonds. The van der Waals surface area contributed by atoms with E-state index in [4.69, 9.17) is 5.73 Å². The van der Waals surface area contributed by atoms with Gasteiger partial charge in [0, 0.05) is 37.9 Å². The smallest absolute Gasteiger partial charge is 0.188 e. The number of rotatable bonds is 6. The Kier molecular flexibility index (Phi) is 5.96. The highest BCUT2D eigenvalue weighted by Gasteiger charge is 2.23. The molecule has 2 atom stereocenters. The molecule has 2 saturated heterocycles. The van der Waals surface area contributed by atoms with Crippen LogP contribution < -0.4 is 16.0 Å². The largest absolute Gasteiger partial charge is 0.371 e. The number of aliphatic imine (C=N–C) groups is 1. The van der Waals surface area contributed by atoms with Crippen LogP contribution in [0.3, 0.4) is 0 Å². The molecular formula is C19H31N5. The number of anilines is 1. The molecule has 24 heavy (non-hydrogen) atoms. The normalized spacial score (nSPS) is 25.4. The molecule has 3 rings (SSSR count). The Morgan fingerprint density at radius 2 is 2.08 bits per heavy atom. The summed E-state index contributed by atoms with van der Waals surface area (Å²) in [5.74, 6) is 1.21. The number of guanidine groups is 1. The third kappa shape index (κ3) is 4.41. The van der Waals surface area contributed by atoms with Crippen molar-refractivity contribution in [1.82, 2.24) is 10.2 Å². The van der Waals surface area contributed by atoms with Gasteiger partial charge in [0.15, 0.2) is 5.96 Å². The summed E-state index contributed by atoms with van der Waals surface area (Å²) < 4.78 is 0. The van der Waals surface area contributed by atoms with E-state index >= 15 is 0 Å². The van der Waals surface area contributed by atoms with Crippen molar-refractivity contribution in [2.75, 3.05) is 44.2 Å². The fourth-order valence-corrected chi connectivity index (χ4v) is 3.90. The zero-order chi connectivity index (χ0) is 16.8. The Labute approximate surface area is 145 Å². The molecular weight excluding hydrogens is 298 g/mol.